The number of aromatic nitrogens is 1. The molecule has 24 heavy (non-hydrogen) atoms. The zero-order valence-electron chi connectivity index (χ0n) is 14.0. The molecule has 2 aromatic rings. The first kappa shape index (κ1) is 15.7. The number of halogens is 1. The number of ether oxygens (including phenoxy) is 2. The van der Waals surface area contributed by atoms with Crippen molar-refractivity contribution in [3.05, 3.63) is 52.8 Å². The van der Waals surface area contributed by atoms with Crippen molar-refractivity contribution in [3.63, 3.8) is 0 Å². The summed E-state index contributed by atoms with van der Waals surface area (Å²) in [5.41, 5.74) is 1.97. The van der Waals surface area contributed by atoms with Gasteiger partial charge in [-0.3, -0.25) is 4.98 Å². The van der Waals surface area contributed by atoms with Gasteiger partial charge in [0.1, 0.15) is 5.69 Å². The van der Waals surface area contributed by atoms with Crippen LogP contribution in [0.3, 0.4) is 0 Å². The van der Waals surface area contributed by atoms with Crippen molar-refractivity contribution < 1.29 is 9.47 Å². The normalized spacial score (nSPS) is 24.3. The summed E-state index contributed by atoms with van der Waals surface area (Å²) in [6.45, 7) is 4.14. The Hall–Kier alpha value is -1.78. The number of likely N-dealkylation sites (tertiary alicyclic amines) is 1. The number of para-hydroxylation sites is 1. The number of piperidine rings is 1. The lowest BCUT2D eigenvalue weighted by molar-refractivity contribution is -0.0722. The second-order valence-corrected chi connectivity index (χ2v) is 7.20. The van der Waals surface area contributed by atoms with E-state index < -0.39 is 5.79 Å². The average Bonchev–Trinajstić information content (AvgIpc) is 2.93. The summed E-state index contributed by atoms with van der Waals surface area (Å²) in [4.78, 5) is 6.75. The number of hydrogen-bond acceptors (Lipinski definition) is 4. The third-order valence-electron chi connectivity index (χ3n) is 4.96. The Kier molecular flexibility index (Phi) is 3.89. The van der Waals surface area contributed by atoms with E-state index in [1.807, 2.05) is 25.1 Å². The highest BCUT2D eigenvalue weighted by Gasteiger charge is 2.42. The van der Waals surface area contributed by atoms with Crippen LogP contribution in [0, 0.1) is 0 Å². The largest absolute Gasteiger partial charge is 0.443 e. The first-order valence-corrected chi connectivity index (χ1v) is 8.74. The van der Waals surface area contributed by atoms with Crippen molar-refractivity contribution in [2.45, 2.75) is 31.5 Å². The molecule has 2 aliphatic rings. The van der Waals surface area contributed by atoms with E-state index in [-0.39, 0.29) is 0 Å². The predicted molar refractivity (Wildman–Crippen MR) is 93.8 cm³/mol. The number of rotatable bonds is 2. The van der Waals surface area contributed by atoms with Gasteiger partial charge < -0.3 is 14.4 Å². The lowest BCUT2D eigenvalue weighted by Crippen LogP contribution is -2.33. The highest BCUT2D eigenvalue weighted by molar-refractivity contribution is 6.30. The number of benzene rings is 1. The molecule has 0 radical (unpaired) electrons. The van der Waals surface area contributed by atoms with Gasteiger partial charge in [0.05, 0.1) is 5.02 Å². The van der Waals surface area contributed by atoms with E-state index in [0.717, 1.165) is 43.1 Å². The van der Waals surface area contributed by atoms with Gasteiger partial charge in [0.2, 0.25) is 0 Å². The topological polar surface area (TPSA) is 34.6 Å². The molecule has 126 valence electrons. The van der Waals surface area contributed by atoms with Gasteiger partial charge in [-0.25, -0.2) is 0 Å². The molecule has 0 unspecified atom stereocenters. The van der Waals surface area contributed by atoms with Crippen LogP contribution in [-0.2, 0) is 5.79 Å². The van der Waals surface area contributed by atoms with Crippen LogP contribution in [0.15, 0.2) is 36.5 Å². The zero-order valence-corrected chi connectivity index (χ0v) is 14.7. The predicted octanol–water partition coefficient (Wildman–Crippen LogP) is 4.19. The molecule has 0 spiro atoms. The van der Waals surface area contributed by atoms with Crippen molar-refractivity contribution in [1.82, 2.24) is 9.88 Å². The maximum Gasteiger partial charge on any atom is 0.292 e. The lowest BCUT2D eigenvalue weighted by Gasteiger charge is -2.30. The van der Waals surface area contributed by atoms with Gasteiger partial charge >= 0.3 is 0 Å². The van der Waals surface area contributed by atoms with Crippen LogP contribution >= 0.6 is 11.6 Å². The van der Waals surface area contributed by atoms with Crippen LogP contribution in [0.4, 0.5) is 0 Å². The monoisotopic (exact) mass is 344 g/mol. The van der Waals surface area contributed by atoms with Crippen molar-refractivity contribution in [2.75, 3.05) is 20.1 Å². The molecular weight excluding hydrogens is 324 g/mol. The highest BCUT2D eigenvalue weighted by atomic mass is 35.5. The molecule has 0 amide bonds. The van der Waals surface area contributed by atoms with E-state index in [1.54, 1.807) is 6.20 Å². The highest BCUT2D eigenvalue weighted by Crippen LogP contribution is 2.48. The van der Waals surface area contributed by atoms with Crippen molar-refractivity contribution in [2.24, 2.45) is 0 Å². The molecule has 3 heterocycles. The Bertz CT molecular complexity index is 742. The Morgan fingerprint density at radius 1 is 1.17 bits per heavy atom. The maximum absolute atomic E-state index is 6.29. The van der Waals surface area contributed by atoms with Gasteiger partial charge in [-0.05, 0) is 57.1 Å². The Labute approximate surface area is 147 Å². The summed E-state index contributed by atoms with van der Waals surface area (Å²) < 4.78 is 12.4. The second-order valence-electron chi connectivity index (χ2n) is 6.76. The molecule has 1 fully saturated rings. The third kappa shape index (κ3) is 2.74. The molecule has 4 nitrogen and oxygen atoms in total. The van der Waals surface area contributed by atoms with Crippen molar-refractivity contribution >= 4 is 11.6 Å². The molecule has 2 aliphatic heterocycles. The SMILES string of the molecule is CN1CCC(c2cccc3c2O[C@@](C)(c2ccc(Cl)cn2)O3)CC1. The van der Waals surface area contributed by atoms with Crippen LogP contribution in [-0.4, -0.2) is 30.0 Å². The number of fused-ring (bicyclic) bond motifs is 1. The van der Waals surface area contributed by atoms with Crippen LogP contribution < -0.4 is 9.47 Å². The van der Waals surface area contributed by atoms with E-state index in [4.69, 9.17) is 21.1 Å². The minimum Gasteiger partial charge on any atom is -0.443 e. The number of hydrogen-bond donors (Lipinski definition) is 0. The summed E-state index contributed by atoms with van der Waals surface area (Å²) in [6.07, 6.45) is 3.91. The fourth-order valence-electron chi connectivity index (χ4n) is 3.54. The molecule has 0 saturated carbocycles. The van der Waals surface area contributed by atoms with E-state index in [9.17, 15) is 0 Å². The Balaban J connectivity index is 1.64. The third-order valence-corrected chi connectivity index (χ3v) is 5.19. The van der Waals surface area contributed by atoms with E-state index in [1.165, 1.54) is 5.56 Å². The zero-order chi connectivity index (χ0) is 16.7. The Morgan fingerprint density at radius 2 is 1.96 bits per heavy atom. The first-order chi connectivity index (χ1) is 11.5. The Morgan fingerprint density at radius 3 is 2.67 bits per heavy atom. The van der Waals surface area contributed by atoms with Crippen molar-refractivity contribution in [1.29, 1.82) is 0 Å². The minimum absolute atomic E-state index is 0.514. The minimum atomic E-state index is -0.908. The van der Waals surface area contributed by atoms with Crippen LogP contribution in [0.1, 0.15) is 36.9 Å². The number of pyridine rings is 1. The van der Waals surface area contributed by atoms with E-state index in [0.29, 0.717) is 10.9 Å². The lowest BCUT2D eigenvalue weighted by atomic mass is 9.89. The molecular formula is C19H21ClN2O2. The fourth-order valence-corrected chi connectivity index (χ4v) is 3.65. The molecule has 0 N–H and O–H groups in total. The van der Waals surface area contributed by atoms with Crippen LogP contribution in [0.5, 0.6) is 11.5 Å². The summed E-state index contributed by atoms with van der Waals surface area (Å²) in [6, 6.07) is 9.84. The molecule has 1 aromatic carbocycles. The van der Waals surface area contributed by atoms with E-state index in [2.05, 4.69) is 29.1 Å². The van der Waals surface area contributed by atoms with Crippen LogP contribution in [0.2, 0.25) is 5.02 Å². The van der Waals surface area contributed by atoms with Gasteiger partial charge in [0, 0.05) is 18.7 Å². The molecule has 1 atom stereocenters. The average molecular weight is 345 g/mol. The fraction of sp³-hybridized carbons (Fsp3) is 0.421. The molecule has 1 saturated heterocycles. The second kappa shape index (κ2) is 5.94. The standard InChI is InChI=1S/C19H21ClN2O2/c1-19(17-7-6-14(20)12-21-17)23-16-5-3-4-15(18(16)24-19)13-8-10-22(2)11-9-13/h3-7,12-13H,8-11H2,1-2H3/t19-/m0/s1. The molecule has 0 aliphatic carbocycles. The quantitative estimate of drug-likeness (QED) is 0.818. The molecule has 0 bridgehead atoms. The van der Waals surface area contributed by atoms with Gasteiger partial charge in [-0.2, -0.15) is 0 Å². The summed E-state index contributed by atoms with van der Waals surface area (Å²) in [7, 11) is 2.18. The molecule has 4 rings (SSSR count). The van der Waals surface area contributed by atoms with Gasteiger partial charge in [-0.15, -0.1) is 0 Å². The van der Waals surface area contributed by atoms with Crippen molar-refractivity contribution in [3.8, 4) is 11.5 Å². The first-order valence-electron chi connectivity index (χ1n) is 8.37. The maximum atomic E-state index is 6.29. The number of nitrogens with zero attached hydrogens (tertiary/aromatic N) is 2. The van der Waals surface area contributed by atoms with Gasteiger partial charge in [0.15, 0.2) is 11.5 Å². The van der Waals surface area contributed by atoms with Crippen LogP contribution in [0.25, 0.3) is 0 Å². The van der Waals surface area contributed by atoms with Gasteiger partial charge in [-0.1, -0.05) is 23.7 Å². The smallest absolute Gasteiger partial charge is 0.292 e. The summed E-state index contributed by atoms with van der Waals surface area (Å²) >= 11 is 5.94. The van der Waals surface area contributed by atoms with Gasteiger partial charge in [0.25, 0.3) is 5.79 Å². The van der Waals surface area contributed by atoms with E-state index >= 15 is 0 Å². The summed E-state index contributed by atoms with van der Waals surface area (Å²) in [5.74, 6) is 1.27. The molecule has 5 heteroatoms. The summed E-state index contributed by atoms with van der Waals surface area (Å²) in [5, 5.41) is 0.602. The molecule has 1 aromatic heterocycles.